The number of aromatic amines is 1. The van der Waals surface area contributed by atoms with Crippen LogP contribution in [0.25, 0.3) is 16.9 Å². The Morgan fingerprint density at radius 1 is 1.14 bits per heavy atom. The Morgan fingerprint density at radius 2 is 2.00 bits per heavy atom. The van der Waals surface area contributed by atoms with Gasteiger partial charge < -0.3 is 20.8 Å². The van der Waals surface area contributed by atoms with Gasteiger partial charge in [0.2, 0.25) is 17.7 Å². The van der Waals surface area contributed by atoms with Crippen LogP contribution < -0.4 is 15.8 Å². The zero-order valence-electron chi connectivity index (χ0n) is 19.0. The summed E-state index contributed by atoms with van der Waals surface area (Å²) in [5, 5.41) is 8.11. The first-order chi connectivity index (χ1) is 17.4. The first kappa shape index (κ1) is 25.2. The molecule has 4 aromatic rings. The SMILES string of the molecule is NC(=O)[C@H](Cc1cnc[nH]1)NC(=O)CCCOc1cc(-c2cccnc2)nn1-c1ccc(Cl)c(Cl)c1. The van der Waals surface area contributed by atoms with Crippen molar-refractivity contribution < 1.29 is 14.3 Å². The Hall–Kier alpha value is -3.89. The van der Waals surface area contributed by atoms with Crippen LogP contribution in [0.1, 0.15) is 18.5 Å². The standard InChI is InChI=1S/C24H23Cl2N7O3/c25-18-6-5-17(10-19(18)26)33-23(11-20(32-33)15-3-1-7-28-12-15)36-8-2-4-22(34)31-21(24(27)35)9-16-13-29-14-30-16/h1,3,5-7,10-14,21H,2,4,8-9H2,(H2,27,35)(H,29,30)(H,31,34)/t21-/m0/s1. The minimum Gasteiger partial charge on any atom is -0.478 e. The lowest BCUT2D eigenvalue weighted by Gasteiger charge is -2.15. The van der Waals surface area contributed by atoms with Crippen molar-refractivity contribution in [2.45, 2.75) is 25.3 Å². The molecular weight excluding hydrogens is 505 g/mol. The highest BCUT2D eigenvalue weighted by atomic mass is 35.5. The molecule has 12 heteroatoms. The summed E-state index contributed by atoms with van der Waals surface area (Å²) in [6, 6.07) is 9.80. The number of nitrogens with one attached hydrogen (secondary N) is 2. The second kappa shape index (κ2) is 11.7. The molecule has 0 aliphatic heterocycles. The molecule has 1 aromatic carbocycles. The van der Waals surface area contributed by atoms with Gasteiger partial charge in [0.05, 0.1) is 34.4 Å². The van der Waals surface area contributed by atoms with Gasteiger partial charge in [-0.3, -0.25) is 14.6 Å². The zero-order valence-corrected chi connectivity index (χ0v) is 20.5. The number of hydrogen-bond acceptors (Lipinski definition) is 6. The molecule has 186 valence electrons. The predicted molar refractivity (Wildman–Crippen MR) is 135 cm³/mol. The van der Waals surface area contributed by atoms with Crippen molar-refractivity contribution in [2.75, 3.05) is 6.61 Å². The van der Waals surface area contributed by atoms with Gasteiger partial charge in [0.15, 0.2) is 0 Å². The average molecular weight is 528 g/mol. The van der Waals surface area contributed by atoms with E-state index in [1.54, 1.807) is 47.5 Å². The van der Waals surface area contributed by atoms with Crippen molar-refractivity contribution in [3.05, 3.63) is 77.1 Å². The number of rotatable bonds is 11. The largest absolute Gasteiger partial charge is 0.478 e. The van der Waals surface area contributed by atoms with Gasteiger partial charge in [-0.2, -0.15) is 5.10 Å². The molecule has 0 saturated heterocycles. The van der Waals surface area contributed by atoms with Crippen LogP contribution in [0.3, 0.4) is 0 Å². The van der Waals surface area contributed by atoms with Crippen molar-refractivity contribution >= 4 is 35.0 Å². The molecular formula is C24H23Cl2N7O3. The summed E-state index contributed by atoms with van der Waals surface area (Å²) >= 11 is 12.3. The minimum absolute atomic E-state index is 0.142. The van der Waals surface area contributed by atoms with Gasteiger partial charge in [-0.15, -0.1) is 0 Å². The maximum absolute atomic E-state index is 12.4. The summed E-state index contributed by atoms with van der Waals surface area (Å²) in [5.74, 6) is -0.472. The van der Waals surface area contributed by atoms with E-state index in [2.05, 4.69) is 25.4 Å². The molecule has 36 heavy (non-hydrogen) atoms. The topological polar surface area (TPSA) is 141 Å². The highest BCUT2D eigenvalue weighted by Gasteiger charge is 2.19. The second-order valence-electron chi connectivity index (χ2n) is 7.88. The number of carbonyl (C=O) groups excluding carboxylic acids is 2. The fourth-order valence-electron chi connectivity index (χ4n) is 3.44. The predicted octanol–water partition coefficient (Wildman–Crippen LogP) is 3.34. The van der Waals surface area contributed by atoms with E-state index in [-0.39, 0.29) is 25.4 Å². The number of pyridine rings is 1. The number of halogens is 2. The van der Waals surface area contributed by atoms with E-state index in [1.165, 1.54) is 6.33 Å². The fourth-order valence-corrected chi connectivity index (χ4v) is 3.73. The molecule has 0 bridgehead atoms. The summed E-state index contributed by atoms with van der Waals surface area (Å²) in [5.41, 5.74) is 8.26. The van der Waals surface area contributed by atoms with Gasteiger partial charge in [0.1, 0.15) is 6.04 Å². The molecule has 0 aliphatic carbocycles. The molecule has 3 aromatic heterocycles. The molecule has 4 N–H and O–H groups in total. The van der Waals surface area contributed by atoms with Gasteiger partial charge in [-0.05, 0) is 36.8 Å². The number of hydrogen-bond donors (Lipinski definition) is 3. The van der Waals surface area contributed by atoms with Gasteiger partial charge in [-0.25, -0.2) is 9.67 Å². The summed E-state index contributed by atoms with van der Waals surface area (Å²) in [4.78, 5) is 35.1. The Kier molecular flexibility index (Phi) is 8.19. The average Bonchev–Trinajstić information content (AvgIpc) is 3.54. The third-order valence-corrected chi connectivity index (χ3v) is 5.98. The minimum atomic E-state index is -0.836. The molecule has 10 nitrogen and oxygen atoms in total. The monoisotopic (exact) mass is 527 g/mol. The fraction of sp³-hybridized carbons (Fsp3) is 0.208. The number of primary amides is 1. The third-order valence-electron chi connectivity index (χ3n) is 5.24. The van der Waals surface area contributed by atoms with Gasteiger partial charge in [0.25, 0.3) is 0 Å². The van der Waals surface area contributed by atoms with Crippen LogP contribution in [0.15, 0.2) is 61.3 Å². The smallest absolute Gasteiger partial charge is 0.240 e. The highest BCUT2D eigenvalue weighted by Crippen LogP contribution is 2.29. The first-order valence-corrected chi connectivity index (χ1v) is 11.8. The van der Waals surface area contributed by atoms with E-state index in [4.69, 9.17) is 33.7 Å². The van der Waals surface area contributed by atoms with Gasteiger partial charge >= 0.3 is 0 Å². The number of ether oxygens (including phenoxy) is 1. The quantitative estimate of drug-likeness (QED) is 0.255. The number of H-pyrrole nitrogens is 1. The molecule has 1 atom stereocenters. The van der Waals surface area contributed by atoms with Crippen molar-refractivity contribution in [3.8, 4) is 22.8 Å². The van der Waals surface area contributed by atoms with E-state index in [0.717, 1.165) is 5.56 Å². The number of nitrogens with zero attached hydrogens (tertiary/aromatic N) is 4. The molecule has 0 saturated carbocycles. The van der Waals surface area contributed by atoms with Gasteiger partial charge in [-0.1, -0.05) is 23.2 Å². The van der Waals surface area contributed by atoms with Crippen LogP contribution in [-0.4, -0.2) is 49.2 Å². The van der Waals surface area contributed by atoms with Crippen LogP contribution in [-0.2, 0) is 16.0 Å². The number of amides is 2. The van der Waals surface area contributed by atoms with Crippen LogP contribution >= 0.6 is 23.2 Å². The highest BCUT2D eigenvalue weighted by molar-refractivity contribution is 6.42. The number of carbonyl (C=O) groups is 2. The normalized spacial score (nSPS) is 11.7. The summed E-state index contributed by atoms with van der Waals surface area (Å²) in [7, 11) is 0. The number of benzene rings is 1. The summed E-state index contributed by atoms with van der Waals surface area (Å²) in [6.45, 7) is 0.231. The van der Waals surface area contributed by atoms with Crippen LogP contribution in [0.2, 0.25) is 10.0 Å². The molecule has 0 radical (unpaired) electrons. The van der Waals surface area contributed by atoms with Crippen molar-refractivity contribution in [1.82, 2.24) is 30.0 Å². The first-order valence-electron chi connectivity index (χ1n) is 11.1. The Balaban J connectivity index is 1.40. The maximum atomic E-state index is 12.4. The van der Waals surface area contributed by atoms with E-state index >= 15 is 0 Å². The lowest BCUT2D eigenvalue weighted by atomic mass is 10.1. The molecule has 0 aliphatic rings. The molecule has 4 rings (SSSR count). The van der Waals surface area contributed by atoms with E-state index in [9.17, 15) is 9.59 Å². The summed E-state index contributed by atoms with van der Waals surface area (Å²) < 4.78 is 7.58. The van der Waals surface area contributed by atoms with Crippen LogP contribution in [0.5, 0.6) is 5.88 Å². The Bertz CT molecular complexity index is 1330. The van der Waals surface area contributed by atoms with Crippen molar-refractivity contribution in [1.29, 1.82) is 0 Å². The Labute approximate surface area is 216 Å². The number of nitrogens with two attached hydrogens (primary N) is 1. The van der Waals surface area contributed by atoms with Crippen LogP contribution in [0.4, 0.5) is 0 Å². The maximum Gasteiger partial charge on any atom is 0.240 e. The van der Waals surface area contributed by atoms with Crippen molar-refractivity contribution in [2.24, 2.45) is 5.73 Å². The molecule has 0 fully saturated rings. The Morgan fingerprint density at radius 3 is 2.69 bits per heavy atom. The van der Waals surface area contributed by atoms with Gasteiger partial charge in [0, 0.05) is 48.8 Å². The lowest BCUT2D eigenvalue weighted by Crippen LogP contribution is -2.45. The lowest BCUT2D eigenvalue weighted by molar-refractivity contribution is -0.127. The van der Waals surface area contributed by atoms with Crippen molar-refractivity contribution in [3.63, 3.8) is 0 Å². The molecule has 0 spiro atoms. The van der Waals surface area contributed by atoms with E-state index in [0.29, 0.717) is 39.4 Å². The third kappa shape index (κ3) is 6.41. The number of imidazole rings is 1. The molecule has 3 heterocycles. The van der Waals surface area contributed by atoms with E-state index in [1.807, 2.05) is 12.1 Å². The molecule has 0 unspecified atom stereocenters. The second-order valence-corrected chi connectivity index (χ2v) is 8.69. The zero-order chi connectivity index (χ0) is 25.5. The number of aromatic nitrogens is 5. The molecule has 2 amide bonds. The van der Waals surface area contributed by atoms with Crippen LogP contribution in [0, 0.1) is 0 Å². The van der Waals surface area contributed by atoms with E-state index < -0.39 is 11.9 Å². The summed E-state index contributed by atoms with van der Waals surface area (Å²) in [6.07, 6.45) is 7.23.